The number of hydrogen-bond donors (Lipinski definition) is 2. The van der Waals surface area contributed by atoms with Gasteiger partial charge in [0, 0.05) is 17.3 Å². The van der Waals surface area contributed by atoms with Crippen LogP contribution in [0.4, 0.5) is 11.4 Å². The van der Waals surface area contributed by atoms with Gasteiger partial charge in [-0.25, -0.2) is 4.98 Å². The summed E-state index contributed by atoms with van der Waals surface area (Å²) < 4.78 is 5.14. The minimum Gasteiger partial charge on any atom is -0.447 e. The van der Waals surface area contributed by atoms with Crippen molar-refractivity contribution in [1.82, 2.24) is 4.98 Å². The van der Waals surface area contributed by atoms with Crippen LogP contribution in [0.2, 0.25) is 0 Å². The Hall–Kier alpha value is -2.30. The Labute approximate surface area is 112 Å². The summed E-state index contributed by atoms with van der Waals surface area (Å²) in [6, 6.07) is 7.57. The van der Waals surface area contributed by atoms with Crippen LogP contribution in [0.25, 0.3) is 0 Å². The number of nitrogens with zero attached hydrogens (tertiary/aromatic N) is 1. The topological polar surface area (TPSA) is 67.2 Å². The molecule has 0 saturated carbocycles. The molecule has 5 heteroatoms. The van der Waals surface area contributed by atoms with Crippen LogP contribution in [0, 0.1) is 5.92 Å². The summed E-state index contributed by atoms with van der Waals surface area (Å²) in [6.45, 7) is 4.28. The van der Waals surface area contributed by atoms with Crippen molar-refractivity contribution in [3.8, 4) is 0 Å². The molecule has 0 atom stereocenters. The Morgan fingerprint density at radius 1 is 1.37 bits per heavy atom. The summed E-state index contributed by atoms with van der Waals surface area (Å²) in [5.41, 5.74) is 1.69. The molecule has 5 nitrogen and oxygen atoms in total. The van der Waals surface area contributed by atoms with Crippen molar-refractivity contribution in [2.75, 3.05) is 10.6 Å². The van der Waals surface area contributed by atoms with Crippen LogP contribution in [0.3, 0.4) is 0 Å². The first-order valence-electron chi connectivity index (χ1n) is 6.17. The summed E-state index contributed by atoms with van der Waals surface area (Å²) in [4.78, 5) is 15.5. The molecule has 100 valence electrons. The molecule has 1 aromatic carbocycles. The number of anilines is 2. The predicted molar refractivity (Wildman–Crippen MR) is 73.7 cm³/mol. The Morgan fingerprint density at radius 3 is 2.84 bits per heavy atom. The second kappa shape index (κ2) is 6.04. The normalized spacial score (nSPS) is 10.5. The van der Waals surface area contributed by atoms with E-state index < -0.39 is 0 Å². The Kier molecular flexibility index (Phi) is 4.18. The molecule has 1 aromatic heterocycles. The fourth-order valence-corrected chi connectivity index (χ4v) is 1.51. The highest BCUT2D eigenvalue weighted by atomic mass is 16.3. The van der Waals surface area contributed by atoms with Crippen LogP contribution >= 0.6 is 0 Å². The summed E-state index contributed by atoms with van der Waals surface area (Å²) in [7, 11) is 0. The maximum atomic E-state index is 11.6. The molecular formula is C14H17N3O2. The number of carbonyl (C=O) groups excluding carboxylic acids is 1. The fourth-order valence-electron chi connectivity index (χ4n) is 1.51. The van der Waals surface area contributed by atoms with E-state index in [4.69, 9.17) is 4.42 Å². The van der Waals surface area contributed by atoms with Gasteiger partial charge in [0.05, 0.1) is 12.7 Å². The lowest BCUT2D eigenvalue weighted by molar-refractivity contribution is -0.118. The Bertz CT molecular complexity index is 535. The second-order valence-corrected chi connectivity index (χ2v) is 4.55. The quantitative estimate of drug-likeness (QED) is 0.866. The molecule has 0 aliphatic carbocycles. The molecule has 0 unspecified atom stereocenters. The van der Waals surface area contributed by atoms with Crippen molar-refractivity contribution < 1.29 is 9.21 Å². The lowest BCUT2D eigenvalue weighted by atomic mass is 10.2. The average molecular weight is 259 g/mol. The first-order valence-corrected chi connectivity index (χ1v) is 6.17. The van der Waals surface area contributed by atoms with Gasteiger partial charge in [-0.2, -0.15) is 0 Å². The molecule has 2 N–H and O–H groups in total. The molecule has 0 saturated heterocycles. The van der Waals surface area contributed by atoms with Gasteiger partial charge in [0.15, 0.2) is 6.39 Å². The number of carbonyl (C=O) groups is 1. The van der Waals surface area contributed by atoms with E-state index in [-0.39, 0.29) is 11.8 Å². The SMILES string of the molecule is CC(C)C(=O)Nc1cccc(NCc2cnco2)c1. The molecule has 0 aliphatic heterocycles. The maximum absolute atomic E-state index is 11.6. The Morgan fingerprint density at radius 2 is 2.16 bits per heavy atom. The van der Waals surface area contributed by atoms with Gasteiger partial charge in [-0.15, -0.1) is 0 Å². The van der Waals surface area contributed by atoms with Crippen LogP contribution in [-0.4, -0.2) is 10.9 Å². The highest BCUT2D eigenvalue weighted by Crippen LogP contribution is 2.16. The van der Waals surface area contributed by atoms with Crippen molar-refractivity contribution in [3.63, 3.8) is 0 Å². The maximum Gasteiger partial charge on any atom is 0.226 e. The summed E-state index contributed by atoms with van der Waals surface area (Å²) in [5, 5.41) is 6.07. The molecule has 19 heavy (non-hydrogen) atoms. The molecule has 2 rings (SSSR count). The lowest BCUT2D eigenvalue weighted by Gasteiger charge is -2.10. The van der Waals surface area contributed by atoms with Crippen LogP contribution in [0.5, 0.6) is 0 Å². The third-order valence-electron chi connectivity index (χ3n) is 2.60. The molecule has 0 aliphatic rings. The van der Waals surface area contributed by atoms with Gasteiger partial charge in [-0.05, 0) is 18.2 Å². The molecule has 2 aromatic rings. The zero-order valence-electron chi connectivity index (χ0n) is 11.0. The lowest BCUT2D eigenvalue weighted by Crippen LogP contribution is -2.17. The number of aromatic nitrogens is 1. The standard InChI is InChI=1S/C14H17N3O2/c1-10(2)14(18)17-12-5-3-4-11(6-12)16-8-13-7-15-9-19-13/h3-7,9-10,16H,8H2,1-2H3,(H,17,18). The zero-order chi connectivity index (χ0) is 13.7. The fraction of sp³-hybridized carbons (Fsp3) is 0.286. The van der Waals surface area contributed by atoms with E-state index in [9.17, 15) is 4.79 Å². The number of nitrogens with one attached hydrogen (secondary N) is 2. The average Bonchev–Trinajstić information content (AvgIpc) is 2.90. The molecule has 0 spiro atoms. The largest absolute Gasteiger partial charge is 0.447 e. The number of amides is 1. The minimum atomic E-state index is -0.0363. The van der Waals surface area contributed by atoms with Gasteiger partial charge in [-0.3, -0.25) is 4.79 Å². The monoisotopic (exact) mass is 259 g/mol. The molecule has 0 fully saturated rings. The van der Waals surface area contributed by atoms with E-state index in [2.05, 4.69) is 15.6 Å². The van der Waals surface area contributed by atoms with E-state index in [0.717, 1.165) is 17.1 Å². The van der Waals surface area contributed by atoms with Crippen molar-refractivity contribution in [2.24, 2.45) is 5.92 Å². The van der Waals surface area contributed by atoms with E-state index >= 15 is 0 Å². The van der Waals surface area contributed by atoms with Gasteiger partial charge < -0.3 is 15.1 Å². The number of oxazole rings is 1. The molecule has 0 radical (unpaired) electrons. The highest BCUT2D eigenvalue weighted by molar-refractivity contribution is 5.92. The van der Waals surface area contributed by atoms with Crippen molar-refractivity contribution in [1.29, 1.82) is 0 Å². The van der Waals surface area contributed by atoms with Crippen LogP contribution in [-0.2, 0) is 11.3 Å². The van der Waals surface area contributed by atoms with E-state index in [1.54, 1.807) is 6.20 Å². The second-order valence-electron chi connectivity index (χ2n) is 4.55. The summed E-state index contributed by atoms with van der Waals surface area (Å²) in [5.74, 6) is 0.731. The molecule has 1 amide bonds. The van der Waals surface area contributed by atoms with Crippen molar-refractivity contribution >= 4 is 17.3 Å². The number of benzene rings is 1. The predicted octanol–water partition coefficient (Wildman–Crippen LogP) is 2.88. The van der Waals surface area contributed by atoms with Crippen LogP contribution in [0.15, 0.2) is 41.3 Å². The van der Waals surface area contributed by atoms with Crippen LogP contribution < -0.4 is 10.6 Å². The molecule has 0 bridgehead atoms. The van der Waals surface area contributed by atoms with Gasteiger partial charge >= 0.3 is 0 Å². The van der Waals surface area contributed by atoms with E-state index in [1.165, 1.54) is 6.39 Å². The first kappa shape index (κ1) is 13.1. The van der Waals surface area contributed by atoms with E-state index in [1.807, 2.05) is 38.1 Å². The summed E-state index contributed by atoms with van der Waals surface area (Å²) >= 11 is 0. The third kappa shape index (κ3) is 3.84. The highest BCUT2D eigenvalue weighted by Gasteiger charge is 2.07. The third-order valence-corrected chi connectivity index (χ3v) is 2.60. The van der Waals surface area contributed by atoms with Gasteiger partial charge in [0.1, 0.15) is 5.76 Å². The molecule has 1 heterocycles. The first-order chi connectivity index (χ1) is 9.15. The molecular weight excluding hydrogens is 242 g/mol. The smallest absolute Gasteiger partial charge is 0.226 e. The van der Waals surface area contributed by atoms with Gasteiger partial charge in [-0.1, -0.05) is 19.9 Å². The van der Waals surface area contributed by atoms with Crippen molar-refractivity contribution in [2.45, 2.75) is 20.4 Å². The van der Waals surface area contributed by atoms with E-state index in [0.29, 0.717) is 6.54 Å². The summed E-state index contributed by atoms with van der Waals surface area (Å²) in [6.07, 6.45) is 3.06. The Balaban J connectivity index is 1.97. The number of rotatable bonds is 5. The van der Waals surface area contributed by atoms with Crippen LogP contribution in [0.1, 0.15) is 19.6 Å². The van der Waals surface area contributed by atoms with Crippen molar-refractivity contribution in [3.05, 3.63) is 42.6 Å². The van der Waals surface area contributed by atoms with Gasteiger partial charge in [0.2, 0.25) is 5.91 Å². The zero-order valence-corrected chi connectivity index (χ0v) is 11.0. The van der Waals surface area contributed by atoms with Gasteiger partial charge in [0.25, 0.3) is 0 Å². The number of hydrogen-bond acceptors (Lipinski definition) is 4. The minimum absolute atomic E-state index is 0.00684.